The number of likely N-dealkylation sites (tertiary alicyclic amines) is 1. The third kappa shape index (κ3) is 11.1. The van der Waals surface area contributed by atoms with Crippen LogP contribution in [-0.4, -0.2) is 55.7 Å². The van der Waals surface area contributed by atoms with Gasteiger partial charge in [0, 0.05) is 32.8 Å². The van der Waals surface area contributed by atoms with E-state index in [1.54, 1.807) is 0 Å². The number of piperidine rings is 1. The first-order valence-electron chi connectivity index (χ1n) is 12.2. The molecule has 0 spiro atoms. The fraction of sp³-hybridized carbons (Fsp3) is 0.680. The predicted molar refractivity (Wildman–Crippen MR) is 147 cm³/mol. The molecule has 4 N–H and O–H groups in total. The molecule has 2 rings (SSSR count). The molecule has 1 aromatic rings. The molecule has 0 aromatic heterocycles. The van der Waals surface area contributed by atoms with E-state index in [0.29, 0.717) is 12.5 Å². The summed E-state index contributed by atoms with van der Waals surface area (Å²) >= 11 is 0. The molecular weight excluding hydrogens is 529 g/mol. The molecule has 1 saturated heterocycles. The van der Waals surface area contributed by atoms with Gasteiger partial charge in [0.1, 0.15) is 0 Å². The van der Waals surface area contributed by atoms with Crippen molar-refractivity contribution in [1.82, 2.24) is 15.5 Å². The highest BCUT2D eigenvalue weighted by Gasteiger charge is 2.23. The number of amides is 1. The Hall–Kier alpha value is -1.39. The van der Waals surface area contributed by atoms with Crippen molar-refractivity contribution in [3.8, 4) is 0 Å². The average molecular weight is 574 g/mol. The van der Waals surface area contributed by atoms with Gasteiger partial charge in [-0.3, -0.25) is 9.69 Å². The highest BCUT2D eigenvalue weighted by atomic mass is 127. The van der Waals surface area contributed by atoms with E-state index in [1.165, 1.54) is 11.1 Å². The lowest BCUT2D eigenvalue weighted by Crippen LogP contribution is -2.40. The number of nitrogens with one attached hydrogen (secondary N) is 2. The third-order valence-electron chi connectivity index (χ3n) is 5.92. The van der Waals surface area contributed by atoms with E-state index in [0.717, 1.165) is 64.6 Å². The van der Waals surface area contributed by atoms with Gasteiger partial charge >= 0.3 is 0 Å². The van der Waals surface area contributed by atoms with Crippen molar-refractivity contribution in [2.24, 2.45) is 22.6 Å². The number of nitrogens with zero attached hydrogens (tertiary/aromatic N) is 2. The molecule has 33 heavy (non-hydrogen) atoms. The van der Waals surface area contributed by atoms with Gasteiger partial charge < -0.3 is 21.1 Å². The van der Waals surface area contributed by atoms with E-state index < -0.39 is 0 Å². The van der Waals surface area contributed by atoms with Gasteiger partial charge in [-0.2, -0.15) is 0 Å². The van der Waals surface area contributed by atoms with Crippen LogP contribution in [0.15, 0.2) is 29.3 Å². The number of guanidine groups is 1. The maximum absolute atomic E-state index is 11.5. The van der Waals surface area contributed by atoms with Crippen molar-refractivity contribution in [2.45, 2.75) is 66.2 Å². The summed E-state index contributed by atoms with van der Waals surface area (Å²) in [5.41, 5.74) is 7.95. The summed E-state index contributed by atoms with van der Waals surface area (Å²) in [5.74, 6) is 1.12. The minimum atomic E-state index is -0.179. The van der Waals surface area contributed by atoms with Gasteiger partial charge in [0.25, 0.3) is 0 Å². The number of nitrogens with two attached hydrogens (primary N) is 1. The second kappa shape index (κ2) is 16.3. The molecule has 1 heterocycles. The summed E-state index contributed by atoms with van der Waals surface area (Å²) in [6.07, 6.45) is 3.14. The number of hydrogen-bond donors (Lipinski definition) is 3. The first-order chi connectivity index (χ1) is 15.4. The molecule has 0 aliphatic carbocycles. The van der Waals surface area contributed by atoms with Crippen molar-refractivity contribution in [2.75, 3.05) is 32.8 Å². The van der Waals surface area contributed by atoms with Crippen LogP contribution in [0.2, 0.25) is 0 Å². The first-order valence-corrected chi connectivity index (χ1v) is 12.2. The lowest BCUT2D eigenvalue weighted by Gasteiger charge is -2.31. The van der Waals surface area contributed by atoms with Gasteiger partial charge in [-0.05, 0) is 56.7 Å². The minimum Gasteiger partial charge on any atom is -0.378 e. The molecule has 188 valence electrons. The minimum absolute atomic E-state index is 0. The van der Waals surface area contributed by atoms with Crippen LogP contribution in [0.1, 0.15) is 58.1 Å². The summed E-state index contributed by atoms with van der Waals surface area (Å²) in [6, 6.07) is 8.56. The van der Waals surface area contributed by atoms with Gasteiger partial charge in [-0.15, -0.1) is 24.0 Å². The molecule has 1 fully saturated rings. The smallest absolute Gasteiger partial charge is 0.221 e. The Labute approximate surface area is 217 Å². The van der Waals surface area contributed by atoms with Crippen molar-refractivity contribution in [3.63, 3.8) is 0 Å². The summed E-state index contributed by atoms with van der Waals surface area (Å²) in [7, 11) is 0. The zero-order valence-corrected chi connectivity index (χ0v) is 23.1. The second-order valence-corrected chi connectivity index (χ2v) is 8.95. The zero-order valence-electron chi connectivity index (χ0n) is 20.8. The fourth-order valence-corrected chi connectivity index (χ4v) is 4.18. The lowest BCUT2D eigenvalue weighted by molar-refractivity contribution is -0.123. The van der Waals surface area contributed by atoms with Gasteiger partial charge in [0.05, 0.1) is 18.6 Å². The largest absolute Gasteiger partial charge is 0.378 e. The SMILES string of the molecule is CCNC(=NCc1cccc(CN2CCCC(C(N)=O)C2)c1)NCCC(OCC)C(C)C.I. The standard InChI is InChI=1S/C25H43N5O2.HI/c1-5-27-25(28-13-12-23(19(3)4)32-6-2)29-16-20-9-7-10-21(15-20)17-30-14-8-11-22(18-30)24(26)31;/h7,9-10,15,19,22-23H,5-6,8,11-14,16-18H2,1-4H3,(H2,26,31)(H2,27,28,29);1H. The molecule has 1 aliphatic rings. The van der Waals surface area contributed by atoms with E-state index in [4.69, 9.17) is 15.5 Å². The lowest BCUT2D eigenvalue weighted by atomic mass is 9.97. The average Bonchev–Trinajstić information content (AvgIpc) is 2.77. The van der Waals surface area contributed by atoms with Gasteiger partial charge in [-0.1, -0.05) is 38.1 Å². The first kappa shape index (κ1) is 29.6. The normalized spacial score (nSPS) is 18.0. The second-order valence-electron chi connectivity index (χ2n) is 8.95. The Balaban J connectivity index is 0.00000544. The Morgan fingerprint density at radius 3 is 2.70 bits per heavy atom. The fourth-order valence-electron chi connectivity index (χ4n) is 4.18. The molecule has 2 atom stereocenters. The number of aliphatic imine (C=N–C) groups is 1. The zero-order chi connectivity index (χ0) is 23.3. The van der Waals surface area contributed by atoms with Crippen molar-refractivity contribution >= 4 is 35.8 Å². The number of carbonyl (C=O) groups excluding carboxylic acids is 1. The Kier molecular flexibility index (Phi) is 14.6. The van der Waals surface area contributed by atoms with Crippen molar-refractivity contribution in [3.05, 3.63) is 35.4 Å². The van der Waals surface area contributed by atoms with Crippen LogP contribution in [0, 0.1) is 11.8 Å². The van der Waals surface area contributed by atoms with Crippen molar-refractivity contribution in [1.29, 1.82) is 0 Å². The van der Waals surface area contributed by atoms with E-state index in [1.807, 2.05) is 6.92 Å². The predicted octanol–water partition coefficient (Wildman–Crippen LogP) is 3.51. The number of hydrogen-bond acceptors (Lipinski definition) is 4. The topological polar surface area (TPSA) is 92.0 Å². The van der Waals surface area contributed by atoms with Crippen LogP contribution < -0.4 is 16.4 Å². The number of primary amides is 1. The van der Waals surface area contributed by atoms with Crippen LogP contribution in [0.25, 0.3) is 0 Å². The molecule has 7 nitrogen and oxygen atoms in total. The van der Waals surface area contributed by atoms with E-state index >= 15 is 0 Å². The summed E-state index contributed by atoms with van der Waals surface area (Å²) in [5, 5.41) is 6.77. The summed E-state index contributed by atoms with van der Waals surface area (Å²) in [4.78, 5) is 18.7. The van der Waals surface area contributed by atoms with Crippen LogP contribution in [0.4, 0.5) is 0 Å². The number of rotatable bonds is 12. The van der Waals surface area contributed by atoms with E-state index in [2.05, 4.69) is 60.6 Å². The number of benzene rings is 1. The molecule has 8 heteroatoms. The van der Waals surface area contributed by atoms with Crippen LogP contribution in [-0.2, 0) is 22.6 Å². The molecule has 2 unspecified atom stereocenters. The van der Waals surface area contributed by atoms with Crippen LogP contribution >= 0.6 is 24.0 Å². The molecule has 1 aromatic carbocycles. The third-order valence-corrected chi connectivity index (χ3v) is 5.92. The monoisotopic (exact) mass is 573 g/mol. The van der Waals surface area contributed by atoms with Crippen molar-refractivity contribution < 1.29 is 9.53 Å². The Morgan fingerprint density at radius 1 is 1.27 bits per heavy atom. The summed E-state index contributed by atoms with van der Waals surface area (Å²) in [6.45, 7) is 14.1. The molecule has 0 bridgehead atoms. The van der Waals surface area contributed by atoms with Gasteiger partial charge in [-0.25, -0.2) is 4.99 Å². The molecule has 0 radical (unpaired) electrons. The van der Waals surface area contributed by atoms with E-state index in [-0.39, 0.29) is 41.9 Å². The number of halogens is 1. The molecule has 0 saturated carbocycles. The molecular formula is C25H44IN5O2. The van der Waals surface area contributed by atoms with Crippen LogP contribution in [0.5, 0.6) is 0 Å². The quantitative estimate of drug-likeness (QED) is 0.202. The summed E-state index contributed by atoms with van der Waals surface area (Å²) < 4.78 is 5.84. The number of ether oxygens (including phenoxy) is 1. The highest BCUT2D eigenvalue weighted by Crippen LogP contribution is 2.19. The maximum atomic E-state index is 11.5. The Bertz CT molecular complexity index is 729. The molecule has 1 aliphatic heterocycles. The number of carbonyl (C=O) groups is 1. The van der Waals surface area contributed by atoms with Gasteiger partial charge in [0.15, 0.2) is 5.96 Å². The molecule has 1 amide bonds. The maximum Gasteiger partial charge on any atom is 0.221 e. The Morgan fingerprint density at radius 2 is 2.03 bits per heavy atom. The van der Waals surface area contributed by atoms with E-state index in [9.17, 15) is 4.79 Å². The van der Waals surface area contributed by atoms with Gasteiger partial charge in [0.2, 0.25) is 5.91 Å². The van der Waals surface area contributed by atoms with Crippen LogP contribution in [0.3, 0.4) is 0 Å². The highest BCUT2D eigenvalue weighted by molar-refractivity contribution is 14.0.